The number of hydrogen-bond acceptors (Lipinski definition) is 3. The molecule has 2 rings (SSSR count). The number of nitrogens with zero attached hydrogens (tertiary/aromatic N) is 3. The second-order valence-corrected chi connectivity index (χ2v) is 2.95. The number of nitrogens with two attached hydrogens (primary N) is 1. The van der Waals surface area contributed by atoms with E-state index in [0.29, 0.717) is 12.5 Å². The molecule has 4 nitrogen and oxygen atoms in total. The van der Waals surface area contributed by atoms with E-state index < -0.39 is 0 Å². The molecule has 4 heteroatoms. The predicted octanol–water partition coefficient (Wildman–Crippen LogP) is 0.114. The van der Waals surface area contributed by atoms with Crippen molar-refractivity contribution in [1.29, 1.82) is 0 Å². The van der Waals surface area contributed by atoms with Crippen molar-refractivity contribution in [3.63, 3.8) is 0 Å². The zero-order chi connectivity index (χ0) is 7.68. The molecule has 2 N–H and O–H groups in total. The Labute approximate surface area is 65.4 Å². The summed E-state index contributed by atoms with van der Waals surface area (Å²) >= 11 is 0. The molecule has 0 spiro atoms. The van der Waals surface area contributed by atoms with E-state index in [1.807, 2.05) is 0 Å². The second kappa shape index (κ2) is 2.62. The van der Waals surface area contributed by atoms with Crippen LogP contribution >= 0.6 is 0 Å². The molecule has 1 aromatic heterocycles. The Balaban J connectivity index is 2.16. The first kappa shape index (κ1) is 6.79. The van der Waals surface area contributed by atoms with Gasteiger partial charge in [0, 0.05) is 19.0 Å². The Kier molecular flexibility index (Phi) is 1.62. The molecule has 0 aromatic carbocycles. The molecule has 0 bridgehead atoms. The minimum Gasteiger partial charge on any atom is -0.329 e. The van der Waals surface area contributed by atoms with Crippen LogP contribution in [-0.4, -0.2) is 21.3 Å². The fourth-order valence-electron chi connectivity index (χ4n) is 1.23. The summed E-state index contributed by atoms with van der Waals surface area (Å²) in [6.45, 7) is 1.51. The maximum absolute atomic E-state index is 5.43. The molecule has 0 unspecified atom stereocenters. The first-order valence-corrected chi connectivity index (χ1v) is 3.99. The molecule has 0 saturated heterocycles. The Morgan fingerprint density at radius 1 is 1.64 bits per heavy atom. The van der Waals surface area contributed by atoms with Crippen molar-refractivity contribution in [1.82, 2.24) is 14.8 Å². The lowest BCUT2D eigenvalue weighted by atomic mass is 10.4. The van der Waals surface area contributed by atoms with Crippen LogP contribution in [0.2, 0.25) is 0 Å². The topological polar surface area (TPSA) is 56.7 Å². The molecule has 60 valence electrons. The van der Waals surface area contributed by atoms with Gasteiger partial charge in [-0.1, -0.05) is 0 Å². The van der Waals surface area contributed by atoms with Crippen molar-refractivity contribution in [2.75, 3.05) is 6.54 Å². The Morgan fingerprint density at radius 2 is 2.45 bits per heavy atom. The van der Waals surface area contributed by atoms with E-state index in [-0.39, 0.29) is 0 Å². The zero-order valence-electron chi connectivity index (χ0n) is 6.40. The van der Waals surface area contributed by atoms with E-state index >= 15 is 0 Å². The van der Waals surface area contributed by atoms with Crippen molar-refractivity contribution < 1.29 is 0 Å². The van der Waals surface area contributed by atoms with E-state index in [9.17, 15) is 0 Å². The minimum absolute atomic E-state index is 0.664. The van der Waals surface area contributed by atoms with Crippen molar-refractivity contribution >= 4 is 0 Å². The van der Waals surface area contributed by atoms with Gasteiger partial charge in [0.05, 0.1) is 0 Å². The van der Waals surface area contributed by atoms with E-state index in [0.717, 1.165) is 12.4 Å². The van der Waals surface area contributed by atoms with Gasteiger partial charge in [0.1, 0.15) is 12.2 Å². The van der Waals surface area contributed by atoms with Crippen LogP contribution in [0.3, 0.4) is 0 Å². The van der Waals surface area contributed by atoms with E-state index in [1.165, 1.54) is 12.8 Å². The maximum Gasteiger partial charge on any atom is 0.135 e. The van der Waals surface area contributed by atoms with Gasteiger partial charge in [-0.3, -0.25) is 0 Å². The lowest BCUT2D eigenvalue weighted by molar-refractivity contribution is 0.662. The average Bonchev–Trinajstić information content (AvgIpc) is 2.75. The van der Waals surface area contributed by atoms with Gasteiger partial charge in [-0.15, -0.1) is 10.2 Å². The van der Waals surface area contributed by atoms with Crippen LogP contribution in [0, 0.1) is 0 Å². The lowest BCUT2D eigenvalue weighted by Gasteiger charge is -2.01. The molecule has 1 aliphatic rings. The van der Waals surface area contributed by atoms with Crippen LogP contribution in [0.4, 0.5) is 0 Å². The van der Waals surface area contributed by atoms with Crippen LogP contribution in [0.1, 0.15) is 24.6 Å². The first-order valence-electron chi connectivity index (χ1n) is 3.99. The third kappa shape index (κ3) is 1.26. The monoisotopic (exact) mass is 152 g/mol. The van der Waals surface area contributed by atoms with Crippen LogP contribution in [0.15, 0.2) is 6.33 Å². The molecule has 11 heavy (non-hydrogen) atoms. The molecule has 1 heterocycles. The van der Waals surface area contributed by atoms with E-state index in [4.69, 9.17) is 5.73 Å². The van der Waals surface area contributed by atoms with Crippen LogP contribution in [-0.2, 0) is 6.54 Å². The summed E-state index contributed by atoms with van der Waals surface area (Å²) in [5.41, 5.74) is 5.43. The summed E-state index contributed by atoms with van der Waals surface area (Å²) in [5.74, 6) is 1.79. The lowest BCUT2D eigenvalue weighted by Crippen LogP contribution is -2.11. The van der Waals surface area contributed by atoms with Gasteiger partial charge in [0.15, 0.2) is 0 Å². The van der Waals surface area contributed by atoms with Gasteiger partial charge in [0.2, 0.25) is 0 Å². The molecule has 1 aliphatic carbocycles. The Morgan fingerprint density at radius 3 is 3.09 bits per heavy atom. The van der Waals surface area contributed by atoms with Crippen molar-refractivity contribution in [3.8, 4) is 0 Å². The fourth-order valence-corrected chi connectivity index (χ4v) is 1.23. The third-order valence-electron chi connectivity index (χ3n) is 1.96. The van der Waals surface area contributed by atoms with Gasteiger partial charge >= 0.3 is 0 Å². The summed E-state index contributed by atoms with van der Waals surface area (Å²) in [5, 5.41) is 7.91. The predicted molar refractivity (Wildman–Crippen MR) is 41.1 cm³/mol. The smallest absolute Gasteiger partial charge is 0.135 e. The summed E-state index contributed by atoms with van der Waals surface area (Å²) in [6, 6.07) is 0. The molecule has 1 fully saturated rings. The molecular weight excluding hydrogens is 140 g/mol. The molecule has 1 aromatic rings. The van der Waals surface area contributed by atoms with Crippen molar-refractivity contribution in [3.05, 3.63) is 12.2 Å². The summed E-state index contributed by atoms with van der Waals surface area (Å²) in [6.07, 6.45) is 4.30. The number of rotatable bonds is 3. The number of aromatic nitrogens is 3. The van der Waals surface area contributed by atoms with Crippen molar-refractivity contribution in [2.45, 2.75) is 25.3 Å². The highest BCUT2D eigenvalue weighted by Gasteiger charge is 2.28. The molecular formula is C7H12N4. The van der Waals surface area contributed by atoms with Crippen LogP contribution in [0.5, 0.6) is 0 Å². The van der Waals surface area contributed by atoms with Gasteiger partial charge in [-0.2, -0.15) is 0 Å². The molecule has 0 amide bonds. The third-order valence-corrected chi connectivity index (χ3v) is 1.96. The Hall–Kier alpha value is -0.900. The highest BCUT2D eigenvalue weighted by Crippen LogP contribution is 2.38. The normalized spacial score (nSPS) is 17.2. The summed E-state index contributed by atoms with van der Waals surface area (Å²) in [4.78, 5) is 0. The molecule has 0 atom stereocenters. The Bertz CT molecular complexity index is 238. The van der Waals surface area contributed by atoms with Gasteiger partial charge in [-0.25, -0.2) is 0 Å². The fraction of sp³-hybridized carbons (Fsp3) is 0.714. The molecule has 0 aliphatic heterocycles. The largest absolute Gasteiger partial charge is 0.329 e. The first-order chi connectivity index (χ1) is 5.42. The standard InChI is InChI=1S/C7H12N4/c8-3-4-11-5-9-10-7(11)6-1-2-6/h5-6H,1-4,8H2. The summed E-state index contributed by atoms with van der Waals surface area (Å²) in [7, 11) is 0. The van der Waals surface area contributed by atoms with Gasteiger partial charge in [-0.05, 0) is 12.8 Å². The van der Waals surface area contributed by atoms with E-state index in [1.54, 1.807) is 6.33 Å². The highest BCUT2D eigenvalue weighted by molar-refractivity contribution is 5.04. The van der Waals surface area contributed by atoms with Gasteiger partial charge in [0.25, 0.3) is 0 Å². The second-order valence-electron chi connectivity index (χ2n) is 2.95. The van der Waals surface area contributed by atoms with Crippen LogP contribution in [0.25, 0.3) is 0 Å². The van der Waals surface area contributed by atoms with Gasteiger partial charge < -0.3 is 10.3 Å². The highest BCUT2D eigenvalue weighted by atomic mass is 15.3. The maximum atomic E-state index is 5.43. The molecule has 0 radical (unpaired) electrons. The molecule has 1 saturated carbocycles. The van der Waals surface area contributed by atoms with Crippen LogP contribution < -0.4 is 5.73 Å². The quantitative estimate of drug-likeness (QED) is 0.669. The zero-order valence-corrected chi connectivity index (χ0v) is 6.40. The van der Waals surface area contributed by atoms with Crippen molar-refractivity contribution in [2.24, 2.45) is 5.73 Å². The average molecular weight is 152 g/mol. The summed E-state index contributed by atoms with van der Waals surface area (Å²) < 4.78 is 2.05. The number of hydrogen-bond donors (Lipinski definition) is 1. The SMILES string of the molecule is NCCn1cnnc1C1CC1. The van der Waals surface area contributed by atoms with E-state index in [2.05, 4.69) is 14.8 Å². The minimum atomic E-state index is 0.664.